The molecule has 1 rings (SSSR count). The first-order valence-corrected chi connectivity index (χ1v) is 6.99. The topological polar surface area (TPSA) is 82.1 Å². The van der Waals surface area contributed by atoms with E-state index in [0.29, 0.717) is 0 Å². The van der Waals surface area contributed by atoms with Crippen LogP contribution < -0.4 is 5.32 Å². The first-order chi connectivity index (χ1) is 9.40. The standard InChI is InChI=1S/C13H25N3O4/c1-10(2)16(9-12(17)18)13(19)14-11(3)8-15-4-6-20-7-5-15/h10-11H,4-9H2,1-3H3,(H,14,19)(H,17,18). The molecule has 0 aromatic carbocycles. The smallest absolute Gasteiger partial charge is 0.323 e. The zero-order valence-electron chi connectivity index (χ0n) is 12.5. The van der Waals surface area contributed by atoms with E-state index in [9.17, 15) is 9.59 Å². The molecule has 20 heavy (non-hydrogen) atoms. The zero-order chi connectivity index (χ0) is 15.1. The highest BCUT2D eigenvalue weighted by Gasteiger charge is 2.22. The fraction of sp³-hybridized carbons (Fsp3) is 0.846. The number of hydrogen-bond donors (Lipinski definition) is 2. The van der Waals surface area contributed by atoms with Gasteiger partial charge in [0.25, 0.3) is 0 Å². The van der Waals surface area contributed by atoms with Crippen molar-refractivity contribution in [3.8, 4) is 0 Å². The van der Waals surface area contributed by atoms with Crippen molar-refractivity contribution >= 4 is 12.0 Å². The van der Waals surface area contributed by atoms with Crippen molar-refractivity contribution in [3.63, 3.8) is 0 Å². The maximum absolute atomic E-state index is 12.1. The molecule has 0 radical (unpaired) electrons. The molecule has 1 heterocycles. The molecule has 0 spiro atoms. The first kappa shape index (κ1) is 16.7. The van der Waals surface area contributed by atoms with E-state index in [0.717, 1.165) is 32.8 Å². The molecule has 1 fully saturated rings. The molecule has 0 saturated carbocycles. The number of carbonyl (C=O) groups is 2. The summed E-state index contributed by atoms with van der Waals surface area (Å²) in [6, 6.07) is -0.513. The second-order valence-electron chi connectivity index (χ2n) is 5.38. The normalized spacial score (nSPS) is 17.8. The van der Waals surface area contributed by atoms with Crippen LogP contribution in [0.15, 0.2) is 0 Å². The van der Waals surface area contributed by atoms with Crippen LogP contribution in [0.4, 0.5) is 4.79 Å². The molecule has 1 aliphatic rings. The fourth-order valence-corrected chi connectivity index (χ4v) is 2.14. The van der Waals surface area contributed by atoms with E-state index in [1.807, 2.05) is 6.92 Å². The van der Waals surface area contributed by atoms with Crippen molar-refractivity contribution in [3.05, 3.63) is 0 Å². The number of nitrogens with zero attached hydrogens (tertiary/aromatic N) is 2. The molecular weight excluding hydrogens is 262 g/mol. The molecule has 0 aliphatic carbocycles. The van der Waals surface area contributed by atoms with Gasteiger partial charge in [-0.2, -0.15) is 0 Å². The van der Waals surface area contributed by atoms with Crippen molar-refractivity contribution in [1.29, 1.82) is 0 Å². The molecule has 0 aromatic heterocycles. The van der Waals surface area contributed by atoms with Gasteiger partial charge in [-0.15, -0.1) is 0 Å². The van der Waals surface area contributed by atoms with Gasteiger partial charge in [-0.05, 0) is 20.8 Å². The number of amides is 2. The summed E-state index contributed by atoms with van der Waals surface area (Å²) in [5.41, 5.74) is 0. The molecule has 7 nitrogen and oxygen atoms in total. The van der Waals surface area contributed by atoms with Gasteiger partial charge in [0.05, 0.1) is 13.2 Å². The van der Waals surface area contributed by atoms with E-state index in [4.69, 9.17) is 9.84 Å². The molecule has 116 valence electrons. The number of aliphatic carboxylic acids is 1. The quantitative estimate of drug-likeness (QED) is 0.730. The van der Waals surface area contributed by atoms with Crippen LogP contribution in [-0.4, -0.2) is 78.4 Å². The summed E-state index contributed by atoms with van der Waals surface area (Å²) in [6.07, 6.45) is 0. The Bertz CT molecular complexity index is 330. The Labute approximate surface area is 119 Å². The van der Waals surface area contributed by atoms with Crippen LogP contribution in [0.25, 0.3) is 0 Å². The number of rotatable bonds is 6. The Morgan fingerprint density at radius 2 is 1.90 bits per heavy atom. The van der Waals surface area contributed by atoms with E-state index in [1.165, 1.54) is 4.90 Å². The van der Waals surface area contributed by atoms with Gasteiger partial charge in [-0.3, -0.25) is 9.69 Å². The van der Waals surface area contributed by atoms with Gasteiger partial charge in [0.15, 0.2) is 0 Å². The van der Waals surface area contributed by atoms with Crippen LogP contribution in [0.2, 0.25) is 0 Å². The number of hydrogen-bond acceptors (Lipinski definition) is 4. The number of nitrogens with one attached hydrogen (secondary N) is 1. The maximum atomic E-state index is 12.1. The Balaban J connectivity index is 2.43. The van der Waals surface area contributed by atoms with Crippen molar-refractivity contribution in [2.45, 2.75) is 32.9 Å². The van der Waals surface area contributed by atoms with Crippen LogP contribution in [0, 0.1) is 0 Å². The Hall–Kier alpha value is -1.34. The summed E-state index contributed by atoms with van der Waals surface area (Å²) < 4.78 is 5.27. The lowest BCUT2D eigenvalue weighted by Crippen LogP contribution is -2.52. The van der Waals surface area contributed by atoms with Gasteiger partial charge in [-0.1, -0.05) is 0 Å². The lowest BCUT2D eigenvalue weighted by atomic mass is 10.2. The average molecular weight is 287 g/mol. The monoisotopic (exact) mass is 287 g/mol. The van der Waals surface area contributed by atoms with Gasteiger partial charge >= 0.3 is 12.0 Å². The number of carboxylic acid groups (broad SMARTS) is 1. The number of morpholine rings is 1. The number of ether oxygens (including phenoxy) is 1. The second-order valence-corrected chi connectivity index (χ2v) is 5.38. The Morgan fingerprint density at radius 1 is 1.30 bits per heavy atom. The summed E-state index contributed by atoms with van der Waals surface area (Å²) >= 11 is 0. The molecular formula is C13H25N3O4. The summed E-state index contributed by atoms with van der Waals surface area (Å²) in [4.78, 5) is 26.4. The van der Waals surface area contributed by atoms with Crippen molar-refractivity contribution in [1.82, 2.24) is 15.1 Å². The highest BCUT2D eigenvalue weighted by molar-refractivity contribution is 5.80. The van der Waals surface area contributed by atoms with E-state index >= 15 is 0 Å². The molecule has 1 saturated heterocycles. The molecule has 2 amide bonds. The minimum Gasteiger partial charge on any atom is -0.480 e. The third-order valence-corrected chi connectivity index (χ3v) is 3.20. The Kier molecular flexibility index (Phi) is 6.74. The predicted molar refractivity (Wildman–Crippen MR) is 74.7 cm³/mol. The highest BCUT2D eigenvalue weighted by atomic mass is 16.5. The van der Waals surface area contributed by atoms with Crippen molar-refractivity contribution in [2.24, 2.45) is 0 Å². The summed E-state index contributed by atoms with van der Waals surface area (Å²) in [6.45, 7) is 9.15. The predicted octanol–water partition coefficient (Wildman–Crippen LogP) is 0.212. The minimum atomic E-state index is -1.00. The van der Waals surface area contributed by atoms with Gasteiger partial charge in [0, 0.05) is 31.7 Å². The van der Waals surface area contributed by atoms with E-state index in [1.54, 1.807) is 13.8 Å². The van der Waals surface area contributed by atoms with Crippen LogP contribution in [0.3, 0.4) is 0 Å². The largest absolute Gasteiger partial charge is 0.480 e. The number of carbonyl (C=O) groups excluding carboxylic acids is 1. The summed E-state index contributed by atoms with van der Waals surface area (Å²) in [7, 11) is 0. The van der Waals surface area contributed by atoms with Crippen LogP contribution in [-0.2, 0) is 9.53 Å². The van der Waals surface area contributed by atoms with Gasteiger partial charge < -0.3 is 20.1 Å². The minimum absolute atomic E-state index is 0.0318. The summed E-state index contributed by atoms with van der Waals surface area (Å²) in [5, 5.41) is 11.7. The number of urea groups is 1. The molecule has 1 unspecified atom stereocenters. The number of carboxylic acids is 1. The fourth-order valence-electron chi connectivity index (χ4n) is 2.14. The third kappa shape index (κ3) is 5.75. The maximum Gasteiger partial charge on any atom is 0.323 e. The molecule has 0 bridgehead atoms. The van der Waals surface area contributed by atoms with Crippen LogP contribution >= 0.6 is 0 Å². The van der Waals surface area contributed by atoms with Crippen molar-refractivity contribution in [2.75, 3.05) is 39.4 Å². The van der Waals surface area contributed by atoms with Crippen LogP contribution in [0.1, 0.15) is 20.8 Å². The summed E-state index contributed by atoms with van der Waals surface area (Å²) in [5.74, 6) is -1.00. The Morgan fingerprint density at radius 3 is 2.40 bits per heavy atom. The average Bonchev–Trinajstić information content (AvgIpc) is 2.36. The van der Waals surface area contributed by atoms with Crippen molar-refractivity contribution < 1.29 is 19.4 Å². The lowest BCUT2D eigenvalue weighted by Gasteiger charge is -2.31. The SMILES string of the molecule is CC(CN1CCOCC1)NC(=O)N(CC(=O)O)C(C)C. The molecule has 1 atom stereocenters. The zero-order valence-corrected chi connectivity index (χ0v) is 12.5. The second kappa shape index (κ2) is 8.06. The highest BCUT2D eigenvalue weighted by Crippen LogP contribution is 2.02. The van der Waals surface area contributed by atoms with Gasteiger partial charge in [0.2, 0.25) is 0 Å². The molecule has 0 aromatic rings. The van der Waals surface area contributed by atoms with Crippen LogP contribution in [0.5, 0.6) is 0 Å². The van der Waals surface area contributed by atoms with Gasteiger partial charge in [0.1, 0.15) is 6.54 Å². The van der Waals surface area contributed by atoms with E-state index < -0.39 is 5.97 Å². The molecule has 7 heteroatoms. The molecule has 1 aliphatic heterocycles. The van der Waals surface area contributed by atoms with E-state index in [2.05, 4.69) is 10.2 Å². The van der Waals surface area contributed by atoms with Gasteiger partial charge in [-0.25, -0.2) is 4.79 Å². The first-order valence-electron chi connectivity index (χ1n) is 6.99. The molecule has 2 N–H and O–H groups in total. The lowest BCUT2D eigenvalue weighted by molar-refractivity contribution is -0.138. The van der Waals surface area contributed by atoms with E-state index in [-0.39, 0.29) is 24.7 Å². The third-order valence-electron chi connectivity index (χ3n) is 3.20.